The zero-order valence-electron chi connectivity index (χ0n) is 10.2. The molecule has 19 heavy (non-hydrogen) atoms. The first-order valence-electron chi connectivity index (χ1n) is 6.25. The standard InChI is InChI=1S/C13H13ClFN3O/c14-13-17-11-9(4-1-5-10(11)15)12(19)18(13)8-3-2-6-16-7-8/h1,4-5,8,16H,2-3,6-7H2. The minimum Gasteiger partial charge on any atom is -0.315 e. The Labute approximate surface area is 114 Å². The lowest BCUT2D eigenvalue weighted by molar-refractivity contribution is 0.363. The van der Waals surface area contributed by atoms with Crippen molar-refractivity contribution < 1.29 is 4.39 Å². The molecule has 3 rings (SSSR count). The second-order valence-corrected chi connectivity index (χ2v) is 5.03. The van der Waals surface area contributed by atoms with Crippen LogP contribution >= 0.6 is 11.6 Å². The molecule has 2 aromatic rings. The van der Waals surface area contributed by atoms with Crippen molar-refractivity contribution in [3.8, 4) is 0 Å². The van der Waals surface area contributed by atoms with E-state index in [0.29, 0.717) is 6.54 Å². The van der Waals surface area contributed by atoms with E-state index >= 15 is 0 Å². The van der Waals surface area contributed by atoms with Gasteiger partial charge in [0.25, 0.3) is 5.56 Å². The summed E-state index contributed by atoms with van der Waals surface area (Å²) in [6, 6.07) is 4.35. The van der Waals surface area contributed by atoms with E-state index in [4.69, 9.17) is 11.6 Å². The summed E-state index contributed by atoms with van der Waals surface area (Å²) in [4.78, 5) is 16.5. The number of rotatable bonds is 1. The van der Waals surface area contributed by atoms with Crippen LogP contribution < -0.4 is 10.9 Å². The SMILES string of the molecule is O=c1c2cccc(F)c2nc(Cl)n1C1CCCNC1. The van der Waals surface area contributed by atoms with Crippen LogP contribution in [-0.4, -0.2) is 22.6 Å². The van der Waals surface area contributed by atoms with Crippen LogP contribution in [0.15, 0.2) is 23.0 Å². The molecule has 1 aliphatic heterocycles. The van der Waals surface area contributed by atoms with Gasteiger partial charge in [-0.1, -0.05) is 6.07 Å². The van der Waals surface area contributed by atoms with Crippen molar-refractivity contribution in [1.29, 1.82) is 0 Å². The number of halogens is 2. The van der Waals surface area contributed by atoms with E-state index in [2.05, 4.69) is 10.3 Å². The first kappa shape index (κ1) is 12.6. The van der Waals surface area contributed by atoms with Crippen molar-refractivity contribution in [2.45, 2.75) is 18.9 Å². The highest BCUT2D eigenvalue weighted by Gasteiger charge is 2.21. The van der Waals surface area contributed by atoms with Crippen molar-refractivity contribution >= 4 is 22.5 Å². The van der Waals surface area contributed by atoms with E-state index in [-0.39, 0.29) is 27.8 Å². The Bertz CT molecular complexity index is 679. The number of hydrogen-bond donors (Lipinski definition) is 1. The summed E-state index contributed by atoms with van der Waals surface area (Å²) in [5, 5.41) is 3.55. The van der Waals surface area contributed by atoms with E-state index in [9.17, 15) is 9.18 Å². The third-order valence-electron chi connectivity index (χ3n) is 3.47. The van der Waals surface area contributed by atoms with Gasteiger partial charge in [-0.2, -0.15) is 0 Å². The van der Waals surface area contributed by atoms with Crippen LogP contribution in [0, 0.1) is 5.82 Å². The van der Waals surface area contributed by atoms with Gasteiger partial charge >= 0.3 is 0 Å². The summed E-state index contributed by atoms with van der Waals surface area (Å²) < 4.78 is 15.1. The summed E-state index contributed by atoms with van der Waals surface area (Å²) in [5.41, 5.74) is -0.235. The molecule has 1 aromatic heterocycles. The smallest absolute Gasteiger partial charge is 0.262 e. The predicted octanol–water partition coefficient (Wildman–Crippen LogP) is 2.11. The summed E-state index contributed by atoms with van der Waals surface area (Å²) in [7, 11) is 0. The number of nitrogens with one attached hydrogen (secondary N) is 1. The van der Waals surface area contributed by atoms with Crippen LogP contribution in [0.2, 0.25) is 5.28 Å². The van der Waals surface area contributed by atoms with Gasteiger partial charge in [0.2, 0.25) is 5.28 Å². The lowest BCUT2D eigenvalue weighted by Gasteiger charge is -2.25. The largest absolute Gasteiger partial charge is 0.315 e. The molecule has 6 heteroatoms. The maximum atomic E-state index is 13.6. The fourth-order valence-corrected chi connectivity index (χ4v) is 2.83. The molecular weight excluding hydrogens is 269 g/mol. The molecule has 1 unspecified atom stereocenters. The molecule has 1 aromatic carbocycles. The normalized spacial score (nSPS) is 19.8. The number of benzene rings is 1. The van der Waals surface area contributed by atoms with Crippen LogP contribution in [0.25, 0.3) is 10.9 Å². The zero-order valence-corrected chi connectivity index (χ0v) is 11.0. The molecule has 2 heterocycles. The number of aromatic nitrogens is 2. The van der Waals surface area contributed by atoms with E-state index in [1.54, 1.807) is 6.07 Å². The molecule has 4 nitrogen and oxygen atoms in total. The second-order valence-electron chi connectivity index (χ2n) is 4.69. The van der Waals surface area contributed by atoms with Crippen LogP contribution in [0.1, 0.15) is 18.9 Å². The van der Waals surface area contributed by atoms with Gasteiger partial charge in [0.1, 0.15) is 11.3 Å². The van der Waals surface area contributed by atoms with Crippen LogP contribution in [0.3, 0.4) is 0 Å². The number of para-hydroxylation sites is 1. The molecule has 1 atom stereocenters. The average molecular weight is 282 g/mol. The highest BCUT2D eigenvalue weighted by molar-refractivity contribution is 6.28. The van der Waals surface area contributed by atoms with E-state index in [1.165, 1.54) is 16.7 Å². The van der Waals surface area contributed by atoms with Gasteiger partial charge in [-0.15, -0.1) is 0 Å². The molecule has 0 saturated carbocycles. The number of piperidine rings is 1. The number of nitrogens with zero attached hydrogens (tertiary/aromatic N) is 2. The van der Waals surface area contributed by atoms with Crippen LogP contribution in [0.4, 0.5) is 4.39 Å². The maximum Gasteiger partial charge on any atom is 0.262 e. The van der Waals surface area contributed by atoms with Crippen molar-refractivity contribution in [3.05, 3.63) is 39.7 Å². The molecule has 1 saturated heterocycles. The van der Waals surface area contributed by atoms with E-state index < -0.39 is 5.82 Å². The van der Waals surface area contributed by atoms with Gasteiger partial charge < -0.3 is 5.32 Å². The molecule has 0 amide bonds. The first-order valence-corrected chi connectivity index (χ1v) is 6.63. The highest BCUT2D eigenvalue weighted by atomic mass is 35.5. The van der Waals surface area contributed by atoms with Crippen LogP contribution in [0.5, 0.6) is 0 Å². The van der Waals surface area contributed by atoms with Crippen molar-refractivity contribution in [1.82, 2.24) is 14.9 Å². The van der Waals surface area contributed by atoms with Crippen molar-refractivity contribution in [2.24, 2.45) is 0 Å². The molecule has 0 bridgehead atoms. The summed E-state index contributed by atoms with van der Waals surface area (Å²) >= 11 is 6.07. The van der Waals surface area contributed by atoms with Gasteiger partial charge in [-0.3, -0.25) is 9.36 Å². The molecule has 1 aliphatic rings. The minimum absolute atomic E-state index is 0.0195. The lowest BCUT2D eigenvalue weighted by Crippen LogP contribution is -2.37. The topological polar surface area (TPSA) is 46.9 Å². The summed E-state index contributed by atoms with van der Waals surface area (Å²) in [6.07, 6.45) is 1.85. The third-order valence-corrected chi connectivity index (χ3v) is 3.74. The van der Waals surface area contributed by atoms with E-state index in [0.717, 1.165) is 19.4 Å². The van der Waals surface area contributed by atoms with Crippen LogP contribution in [-0.2, 0) is 0 Å². The Kier molecular flexibility index (Phi) is 3.24. The Morgan fingerprint density at radius 3 is 3.05 bits per heavy atom. The van der Waals surface area contributed by atoms with Crippen molar-refractivity contribution in [2.75, 3.05) is 13.1 Å². The minimum atomic E-state index is -0.523. The number of fused-ring (bicyclic) bond motifs is 1. The third kappa shape index (κ3) is 2.13. The summed E-state index contributed by atoms with van der Waals surface area (Å²) in [6.45, 7) is 1.63. The Hall–Kier alpha value is -1.46. The molecule has 100 valence electrons. The fraction of sp³-hybridized carbons (Fsp3) is 0.385. The van der Waals surface area contributed by atoms with Gasteiger partial charge in [0.05, 0.1) is 11.4 Å². The molecule has 0 aliphatic carbocycles. The monoisotopic (exact) mass is 281 g/mol. The molecule has 0 radical (unpaired) electrons. The maximum absolute atomic E-state index is 13.6. The van der Waals surface area contributed by atoms with E-state index in [1.807, 2.05) is 0 Å². The first-order chi connectivity index (χ1) is 9.18. The Balaban J connectivity index is 2.22. The zero-order chi connectivity index (χ0) is 13.4. The second kappa shape index (κ2) is 4.90. The van der Waals surface area contributed by atoms with Gasteiger partial charge in [-0.05, 0) is 43.1 Å². The van der Waals surface area contributed by atoms with Gasteiger partial charge in [0.15, 0.2) is 0 Å². The molecule has 1 N–H and O–H groups in total. The highest BCUT2D eigenvalue weighted by Crippen LogP contribution is 2.21. The fourth-order valence-electron chi connectivity index (χ4n) is 2.53. The summed E-state index contributed by atoms with van der Waals surface area (Å²) in [5.74, 6) is -0.523. The lowest BCUT2D eigenvalue weighted by atomic mass is 10.1. The predicted molar refractivity (Wildman–Crippen MR) is 72.1 cm³/mol. The van der Waals surface area contributed by atoms with Gasteiger partial charge in [-0.25, -0.2) is 9.37 Å². The Morgan fingerprint density at radius 1 is 1.47 bits per heavy atom. The van der Waals surface area contributed by atoms with Crippen molar-refractivity contribution in [3.63, 3.8) is 0 Å². The molecule has 1 fully saturated rings. The van der Waals surface area contributed by atoms with Gasteiger partial charge in [0, 0.05) is 6.54 Å². The molecule has 0 spiro atoms. The quantitative estimate of drug-likeness (QED) is 0.815. The Morgan fingerprint density at radius 2 is 2.32 bits per heavy atom. The number of hydrogen-bond acceptors (Lipinski definition) is 3. The average Bonchev–Trinajstić information content (AvgIpc) is 2.41. The molecular formula is C13H13ClFN3O.